The first-order valence-corrected chi connectivity index (χ1v) is 9.71. The fourth-order valence-corrected chi connectivity index (χ4v) is 3.23. The zero-order valence-corrected chi connectivity index (χ0v) is 17.0. The lowest BCUT2D eigenvalue weighted by atomic mass is 10.1. The van der Waals surface area contributed by atoms with Crippen LogP contribution in [0, 0.1) is 6.92 Å². The van der Waals surface area contributed by atoms with E-state index < -0.39 is 0 Å². The maximum absolute atomic E-state index is 12.5. The fourth-order valence-electron chi connectivity index (χ4n) is 3.23. The highest BCUT2D eigenvalue weighted by Crippen LogP contribution is 2.26. The van der Waals surface area contributed by atoms with Gasteiger partial charge in [-0.25, -0.2) is 4.98 Å². The van der Waals surface area contributed by atoms with Crippen LogP contribution in [0.15, 0.2) is 36.4 Å². The van der Waals surface area contributed by atoms with Crippen molar-refractivity contribution < 1.29 is 9.53 Å². The van der Waals surface area contributed by atoms with Gasteiger partial charge in [-0.3, -0.25) is 10.1 Å². The number of rotatable bonds is 8. The molecular formula is C22H28N4O2. The van der Waals surface area contributed by atoms with Crippen LogP contribution in [-0.2, 0) is 6.42 Å². The van der Waals surface area contributed by atoms with Gasteiger partial charge in [-0.1, -0.05) is 31.5 Å². The van der Waals surface area contributed by atoms with E-state index in [0.29, 0.717) is 11.5 Å². The van der Waals surface area contributed by atoms with Gasteiger partial charge in [0.05, 0.1) is 18.1 Å². The molecule has 3 aromatic rings. The Morgan fingerprint density at radius 3 is 2.54 bits per heavy atom. The van der Waals surface area contributed by atoms with Crippen LogP contribution in [0.4, 0.5) is 5.95 Å². The highest BCUT2D eigenvalue weighted by molar-refractivity contribution is 6.04. The second-order valence-corrected chi connectivity index (χ2v) is 6.87. The third kappa shape index (κ3) is 4.51. The molecule has 0 unspecified atom stereocenters. The number of carbonyl (C=O) groups is 1. The highest BCUT2D eigenvalue weighted by Gasteiger charge is 2.14. The zero-order chi connectivity index (χ0) is 20.1. The van der Waals surface area contributed by atoms with Crippen LogP contribution >= 0.6 is 0 Å². The van der Waals surface area contributed by atoms with E-state index in [9.17, 15) is 4.79 Å². The zero-order valence-electron chi connectivity index (χ0n) is 17.0. The molecule has 0 saturated carbocycles. The van der Waals surface area contributed by atoms with Gasteiger partial charge in [-0.2, -0.15) is 0 Å². The van der Waals surface area contributed by atoms with Gasteiger partial charge in [-0.15, -0.1) is 0 Å². The van der Waals surface area contributed by atoms with E-state index in [2.05, 4.69) is 34.0 Å². The summed E-state index contributed by atoms with van der Waals surface area (Å²) in [4.78, 5) is 22.7. The van der Waals surface area contributed by atoms with Crippen LogP contribution in [-0.4, -0.2) is 47.5 Å². The molecule has 28 heavy (non-hydrogen) atoms. The Labute approximate surface area is 165 Å². The summed E-state index contributed by atoms with van der Waals surface area (Å²) in [5, 5.41) is 2.86. The Morgan fingerprint density at radius 1 is 1.18 bits per heavy atom. The van der Waals surface area contributed by atoms with E-state index in [1.807, 2.05) is 43.3 Å². The van der Waals surface area contributed by atoms with Gasteiger partial charge in [0.2, 0.25) is 5.95 Å². The molecule has 0 fully saturated rings. The van der Waals surface area contributed by atoms with Crippen molar-refractivity contribution in [3.63, 3.8) is 0 Å². The number of hydrogen-bond acceptors (Lipinski definition) is 4. The number of ether oxygens (including phenoxy) is 1. The van der Waals surface area contributed by atoms with Crippen LogP contribution in [0.3, 0.4) is 0 Å². The third-order valence-corrected chi connectivity index (χ3v) is 5.01. The summed E-state index contributed by atoms with van der Waals surface area (Å²) < 4.78 is 5.44. The minimum Gasteiger partial charge on any atom is -0.497 e. The molecule has 6 nitrogen and oxygen atoms in total. The normalized spacial score (nSPS) is 11.2. The summed E-state index contributed by atoms with van der Waals surface area (Å²) in [7, 11) is 1.66. The predicted octanol–water partition coefficient (Wildman–Crippen LogP) is 4.02. The first kappa shape index (κ1) is 19.9. The maximum atomic E-state index is 12.5. The van der Waals surface area contributed by atoms with Crippen LogP contribution in [0.25, 0.3) is 11.0 Å². The molecule has 0 aliphatic carbocycles. The predicted molar refractivity (Wildman–Crippen MR) is 113 cm³/mol. The molecule has 0 aliphatic heterocycles. The monoisotopic (exact) mass is 380 g/mol. The first-order chi connectivity index (χ1) is 13.5. The van der Waals surface area contributed by atoms with Gasteiger partial charge in [-0.05, 0) is 50.2 Å². The minimum atomic E-state index is -0.185. The number of nitrogens with one attached hydrogen (secondary N) is 2. The number of aromatic amines is 1. The molecule has 0 bridgehead atoms. The molecule has 0 saturated heterocycles. The first-order valence-electron chi connectivity index (χ1n) is 9.71. The molecule has 0 aliphatic rings. The second-order valence-electron chi connectivity index (χ2n) is 6.87. The lowest BCUT2D eigenvalue weighted by Crippen LogP contribution is -2.25. The van der Waals surface area contributed by atoms with Crippen LogP contribution < -0.4 is 10.1 Å². The van der Waals surface area contributed by atoms with Crippen molar-refractivity contribution in [1.82, 2.24) is 14.9 Å². The van der Waals surface area contributed by atoms with Crippen molar-refractivity contribution in [2.45, 2.75) is 27.2 Å². The fraction of sp³-hybridized carbons (Fsp3) is 0.364. The van der Waals surface area contributed by atoms with Crippen LogP contribution in [0.5, 0.6) is 5.75 Å². The largest absolute Gasteiger partial charge is 0.497 e. The molecular weight excluding hydrogens is 352 g/mol. The maximum Gasteiger partial charge on any atom is 0.257 e. The minimum absolute atomic E-state index is 0.185. The molecule has 3 rings (SSSR count). The van der Waals surface area contributed by atoms with Gasteiger partial charge in [0.25, 0.3) is 5.91 Å². The van der Waals surface area contributed by atoms with Gasteiger partial charge in [0.15, 0.2) is 0 Å². The SMILES string of the molecule is CCN(CC)CCc1cc(OC)cc2[nH]c(NC(=O)c3ccc(C)cc3)nc12. The Hall–Kier alpha value is -2.86. The number of anilines is 1. The molecule has 1 heterocycles. The molecule has 1 aromatic heterocycles. The summed E-state index contributed by atoms with van der Waals surface area (Å²) in [6.07, 6.45) is 0.867. The van der Waals surface area contributed by atoms with Crippen molar-refractivity contribution in [1.29, 1.82) is 0 Å². The summed E-state index contributed by atoms with van der Waals surface area (Å²) >= 11 is 0. The number of methoxy groups -OCH3 is 1. The molecule has 148 valence electrons. The molecule has 1 amide bonds. The van der Waals surface area contributed by atoms with E-state index in [1.54, 1.807) is 7.11 Å². The molecule has 2 aromatic carbocycles. The smallest absolute Gasteiger partial charge is 0.257 e. The molecule has 0 atom stereocenters. The van der Waals surface area contributed by atoms with Gasteiger partial charge in [0, 0.05) is 18.2 Å². The average Bonchev–Trinajstić information content (AvgIpc) is 3.11. The number of benzene rings is 2. The Balaban J connectivity index is 1.85. The number of aryl methyl sites for hydroxylation is 1. The number of imidazole rings is 1. The summed E-state index contributed by atoms with van der Waals surface area (Å²) in [5.74, 6) is 1.04. The van der Waals surface area contributed by atoms with Crippen molar-refractivity contribution in [2.24, 2.45) is 0 Å². The lowest BCUT2D eigenvalue weighted by Gasteiger charge is -2.18. The van der Waals surface area contributed by atoms with Gasteiger partial charge >= 0.3 is 0 Å². The van der Waals surface area contributed by atoms with E-state index in [-0.39, 0.29) is 5.91 Å². The van der Waals surface area contributed by atoms with Crippen molar-refractivity contribution in [3.05, 3.63) is 53.1 Å². The lowest BCUT2D eigenvalue weighted by molar-refractivity contribution is 0.102. The number of amides is 1. The Morgan fingerprint density at radius 2 is 1.89 bits per heavy atom. The quantitative estimate of drug-likeness (QED) is 0.619. The number of hydrogen-bond donors (Lipinski definition) is 2. The summed E-state index contributed by atoms with van der Waals surface area (Å²) in [5.41, 5.74) is 4.55. The van der Waals surface area contributed by atoms with Crippen molar-refractivity contribution in [3.8, 4) is 5.75 Å². The van der Waals surface area contributed by atoms with Crippen LogP contribution in [0.2, 0.25) is 0 Å². The van der Waals surface area contributed by atoms with E-state index >= 15 is 0 Å². The molecule has 0 spiro atoms. The number of carbonyl (C=O) groups excluding carboxylic acids is 1. The van der Waals surface area contributed by atoms with Crippen LogP contribution in [0.1, 0.15) is 35.3 Å². The van der Waals surface area contributed by atoms with E-state index in [1.165, 1.54) is 0 Å². The van der Waals surface area contributed by atoms with Crippen molar-refractivity contribution in [2.75, 3.05) is 32.1 Å². The number of fused-ring (bicyclic) bond motifs is 1. The molecule has 6 heteroatoms. The third-order valence-electron chi connectivity index (χ3n) is 5.01. The molecule has 0 radical (unpaired) electrons. The van der Waals surface area contributed by atoms with E-state index in [4.69, 9.17) is 4.74 Å². The standard InChI is InChI=1S/C22H28N4O2/c1-5-26(6-2)12-11-17-13-18(28-4)14-19-20(17)24-22(23-19)25-21(27)16-9-7-15(3)8-10-16/h7-10,13-14H,5-6,11-12H2,1-4H3,(H2,23,24,25,27). The summed E-state index contributed by atoms with van der Waals surface area (Å²) in [6, 6.07) is 11.4. The topological polar surface area (TPSA) is 70.2 Å². The number of likely N-dealkylation sites (N-methyl/N-ethyl adjacent to an activating group) is 1. The second kappa shape index (κ2) is 8.89. The Bertz CT molecular complexity index is 943. The molecule has 2 N–H and O–H groups in total. The van der Waals surface area contributed by atoms with E-state index in [0.717, 1.165) is 54.0 Å². The average molecular weight is 380 g/mol. The van der Waals surface area contributed by atoms with Crippen molar-refractivity contribution >= 4 is 22.9 Å². The summed E-state index contributed by atoms with van der Waals surface area (Å²) in [6.45, 7) is 9.31. The number of H-pyrrole nitrogens is 1. The van der Waals surface area contributed by atoms with Gasteiger partial charge in [0.1, 0.15) is 5.75 Å². The van der Waals surface area contributed by atoms with Gasteiger partial charge < -0.3 is 14.6 Å². The number of aromatic nitrogens is 2. The number of nitrogens with zero attached hydrogens (tertiary/aromatic N) is 2. The Kier molecular flexibility index (Phi) is 6.31. The highest BCUT2D eigenvalue weighted by atomic mass is 16.5.